The molecule has 3 rings (SSSR count). The summed E-state index contributed by atoms with van der Waals surface area (Å²) in [6.45, 7) is 4.03. The predicted molar refractivity (Wildman–Crippen MR) is 120 cm³/mol. The van der Waals surface area contributed by atoms with Crippen molar-refractivity contribution in [1.82, 2.24) is 0 Å². The third kappa shape index (κ3) is 5.29. The van der Waals surface area contributed by atoms with E-state index >= 15 is 0 Å². The van der Waals surface area contributed by atoms with Crippen LogP contribution in [0, 0.1) is 0 Å². The number of methoxy groups -OCH3 is 1. The van der Waals surface area contributed by atoms with Crippen LogP contribution in [-0.2, 0) is 26.9 Å². The van der Waals surface area contributed by atoms with Crippen LogP contribution in [0.2, 0.25) is 0 Å². The molecule has 3 aromatic rings. The molecule has 0 aliphatic heterocycles. The van der Waals surface area contributed by atoms with Gasteiger partial charge in [-0.05, 0) is 36.6 Å². The van der Waals surface area contributed by atoms with Crippen LogP contribution in [-0.4, -0.2) is 15.5 Å². The smallest absolute Gasteiger partial charge is 0.161 e. The Balaban J connectivity index is 1.83. The van der Waals surface area contributed by atoms with Crippen LogP contribution in [0.1, 0.15) is 47.5 Å². The molecule has 2 atom stereocenters. The second kappa shape index (κ2) is 9.92. The zero-order valence-electron chi connectivity index (χ0n) is 17.6. The van der Waals surface area contributed by atoms with Gasteiger partial charge in [0.1, 0.15) is 12.4 Å². The average molecular weight is 425 g/mol. The highest BCUT2D eigenvalue weighted by Gasteiger charge is 2.27. The van der Waals surface area contributed by atoms with Gasteiger partial charge in [-0.25, -0.2) is 8.42 Å². The van der Waals surface area contributed by atoms with Crippen LogP contribution in [0.5, 0.6) is 5.75 Å². The van der Waals surface area contributed by atoms with Gasteiger partial charge in [-0.2, -0.15) is 0 Å². The normalized spacial score (nSPS) is 13.6. The van der Waals surface area contributed by atoms with Gasteiger partial charge in [-0.15, -0.1) is 0 Å². The van der Waals surface area contributed by atoms with Crippen molar-refractivity contribution in [3.05, 3.63) is 101 Å². The Kier molecular flexibility index (Phi) is 7.29. The Morgan fingerprint density at radius 1 is 0.800 bits per heavy atom. The van der Waals surface area contributed by atoms with Gasteiger partial charge in [-0.1, -0.05) is 72.8 Å². The average Bonchev–Trinajstić information content (AvgIpc) is 2.77. The fourth-order valence-electron chi connectivity index (χ4n) is 3.41. The molecule has 2 unspecified atom stereocenters. The van der Waals surface area contributed by atoms with E-state index in [-0.39, 0.29) is 11.9 Å². The Labute approximate surface area is 179 Å². The standard InChI is InChI=1S/C25H28O4S/c1-19(28-3)23-14-8-7-13-22(23)18-30(26,27)20(2)24-15-9-10-16-25(24)29-17-21-11-5-4-6-12-21/h4-16,19-20H,17-18H2,1-3H3. The molecule has 30 heavy (non-hydrogen) atoms. The third-order valence-electron chi connectivity index (χ3n) is 5.34. The highest BCUT2D eigenvalue weighted by Crippen LogP contribution is 2.34. The molecule has 0 aliphatic rings. The fraction of sp³-hybridized carbons (Fsp3) is 0.280. The van der Waals surface area contributed by atoms with E-state index in [0.717, 1.165) is 16.7 Å². The SMILES string of the molecule is COC(C)c1ccccc1CS(=O)(=O)C(C)c1ccccc1OCc1ccccc1. The predicted octanol–water partition coefficient (Wildman–Crippen LogP) is 5.65. The van der Waals surface area contributed by atoms with Gasteiger partial charge in [0.05, 0.1) is 17.1 Å². The molecule has 158 valence electrons. The minimum atomic E-state index is -3.47. The molecular formula is C25H28O4S. The number of ether oxygens (including phenoxy) is 2. The maximum atomic E-state index is 13.3. The molecule has 3 aromatic carbocycles. The molecule has 0 saturated heterocycles. The summed E-state index contributed by atoms with van der Waals surface area (Å²) in [5.41, 5.74) is 3.36. The summed E-state index contributed by atoms with van der Waals surface area (Å²) >= 11 is 0. The number of rotatable bonds is 9. The van der Waals surface area contributed by atoms with E-state index in [1.807, 2.05) is 85.8 Å². The van der Waals surface area contributed by atoms with Crippen LogP contribution in [0.4, 0.5) is 0 Å². The number of para-hydroxylation sites is 1. The number of sulfone groups is 1. The molecule has 0 aromatic heterocycles. The second-order valence-electron chi connectivity index (χ2n) is 7.34. The van der Waals surface area contributed by atoms with Gasteiger partial charge in [0.25, 0.3) is 0 Å². The van der Waals surface area contributed by atoms with Crippen LogP contribution in [0.25, 0.3) is 0 Å². The molecule has 0 saturated carbocycles. The van der Waals surface area contributed by atoms with Crippen molar-refractivity contribution >= 4 is 9.84 Å². The lowest BCUT2D eigenvalue weighted by molar-refractivity contribution is 0.119. The summed E-state index contributed by atoms with van der Waals surface area (Å²) in [6.07, 6.45) is -0.173. The quantitative estimate of drug-likeness (QED) is 0.445. The first-order valence-corrected chi connectivity index (χ1v) is 11.7. The summed E-state index contributed by atoms with van der Waals surface area (Å²) < 4.78 is 38.0. The highest BCUT2D eigenvalue weighted by atomic mass is 32.2. The lowest BCUT2D eigenvalue weighted by Gasteiger charge is -2.20. The Bertz CT molecular complexity index is 1060. The lowest BCUT2D eigenvalue weighted by atomic mass is 10.0. The summed E-state index contributed by atoms with van der Waals surface area (Å²) in [6, 6.07) is 24.7. The van der Waals surface area contributed by atoms with Gasteiger partial charge >= 0.3 is 0 Å². The molecule has 0 radical (unpaired) electrons. The zero-order valence-corrected chi connectivity index (χ0v) is 18.4. The van der Waals surface area contributed by atoms with Crippen molar-refractivity contribution in [1.29, 1.82) is 0 Å². The maximum Gasteiger partial charge on any atom is 0.161 e. The van der Waals surface area contributed by atoms with Gasteiger partial charge in [0, 0.05) is 12.7 Å². The van der Waals surface area contributed by atoms with Crippen molar-refractivity contribution in [3.8, 4) is 5.75 Å². The van der Waals surface area contributed by atoms with Crippen LogP contribution >= 0.6 is 0 Å². The van der Waals surface area contributed by atoms with Crippen molar-refractivity contribution < 1.29 is 17.9 Å². The number of hydrogen-bond acceptors (Lipinski definition) is 4. The third-order valence-corrected chi connectivity index (χ3v) is 7.38. The maximum absolute atomic E-state index is 13.3. The van der Waals surface area contributed by atoms with Crippen LogP contribution in [0.15, 0.2) is 78.9 Å². The minimum absolute atomic E-state index is 0.0505. The van der Waals surface area contributed by atoms with E-state index in [4.69, 9.17) is 9.47 Å². The van der Waals surface area contributed by atoms with E-state index in [1.54, 1.807) is 14.0 Å². The second-order valence-corrected chi connectivity index (χ2v) is 9.66. The highest BCUT2D eigenvalue weighted by molar-refractivity contribution is 7.90. The van der Waals surface area contributed by atoms with Crippen LogP contribution < -0.4 is 4.74 Å². The van der Waals surface area contributed by atoms with Gasteiger partial charge in [0.15, 0.2) is 9.84 Å². The summed E-state index contributed by atoms with van der Waals surface area (Å²) in [7, 11) is -1.85. The first-order valence-electron chi connectivity index (χ1n) is 10.00. The lowest BCUT2D eigenvalue weighted by Crippen LogP contribution is -2.15. The molecule has 0 spiro atoms. The largest absolute Gasteiger partial charge is 0.489 e. The Morgan fingerprint density at radius 3 is 2.10 bits per heavy atom. The van der Waals surface area contributed by atoms with Gasteiger partial charge in [-0.3, -0.25) is 0 Å². The Hall–Kier alpha value is -2.63. The molecular weight excluding hydrogens is 396 g/mol. The molecule has 0 N–H and O–H groups in total. The van der Waals surface area contributed by atoms with E-state index in [2.05, 4.69) is 0 Å². The molecule has 0 amide bonds. The van der Waals surface area contributed by atoms with E-state index in [1.165, 1.54) is 0 Å². The molecule has 0 fully saturated rings. The molecule has 4 nitrogen and oxygen atoms in total. The topological polar surface area (TPSA) is 52.6 Å². The van der Waals surface area contributed by atoms with E-state index < -0.39 is 15.1 Å². The molecule has 0 bridgehead atoms. The monoisotopic (exact) mass is 424 g/mol. The first-order chi connectivity index (χ1) is 14.4. The van der Waals surface area contributed by atoms with Crippen LogP contribution in [0.3, 0.4) is 0 Å². The zero-order chi connectivity index (χ0) is 21.6. The van der Waals surface area contributed by atoms with Gasteiger partial charge < -0.3 is 9.47 Å². The van der Waals surface area contributed by atoms with Crippen molar-refractivity contribution in [3.63, 3.8) is 0 Å². The summed E-state index contributed by atoms with van der Waals surface area (Å²) in [5, 5.41) is -0.699. The Morgan fingerprint density at radius 2 is 1.40 bits per heavy atom. The van der Waals surface area contributed by atoms with Gasteiger partial charge in [0.2, 0.25) is 0 Å². The van der Waals surface area contributed by atoms with Crippen molar-refractivity contribution in [2.24, 2.45) is 0 Å². The fourth-order valence-corrected chi connectivity index (χ4v) is 4.94. The van der Waals surface area contributed by atoms with E-state index in [0.29, 0.717) is 17.9 Å². The summed E-state index contributed by atoms with van der Waals surface area (Å²) in [4.78, 5) is 0. The van der Waals surface area contributed by atoms with Crippen molar-refractivity contribution in [2.45, 2.75) is 37.6 Å². The summed E-state index contributed by atoms with van der Waals surface area (Å²) in [5.74, 6) is 0.543. The number of hydrogen-bond donors (Lipinski definition) is 0. The number of benzene rings is 3. The molecule has 0 heterocycles. The minimum Gasteiger partial charge on any atom is -0.489 e. The van der Waals surface area contributed by atoms with Crippen molar-refractivity contribution in [2.75, 3.05) is 7.11 Å². The van der Waals surface area contributed by atoms with E-state index in [9.17, 15) is 8.42 Å². The first kappa shape index (κ1) is 22.1. The molecule has 0 aliphatic carbocycles. The molecule has 5 heteroatoms.